The van der Waals surface area contributed by atoms with Crippen molar-refractivity contribution in [3.8, 4) is 5.75 Å². The Kier molecular flexibility index (Phi) is 9.22. The Morgan fingerprint density at radius 1 is 1.14 bits per heavy atom. The second-order valence-corrected chi connectivity index (χ2v) is 7.28. The second kappa shape index (κ2) is 11.9. The molecule has 2 rings (SSSR count). The molecule has 0 bridgehead atoms. The van der Waals surface area contributed by atoms with Gasteiger partial charge in [-0.25, -0.2) is 5.09 Å². The molecule has 0 aromatic heterocycles. The van der Waals surface area contributed by atoms with Crippen LogP contribution in [0.3, 0.4) is 0 Å². The highest BCUT2D eigenvalue weighted by Gasteiger charge is 2.24. The number of allylic oxidation sites excluding steroid dienone is 3. The van der Waals surface area contributed by atoms with E-state index in [9.17, 15) is 4.79 Å². The Hall–Kier alpha value is -2.82. The minimum Gasteiger partial charge on any atom is -0.460 e. The summed E-state index contributed by atoms with van der Waals surface area (Å²) in [5.41, 5.74) is 7.29. The monoisotopic (exact) mass is 414 g/mol. The van der Waals surface area contributed by atoms with Gasteiger partial charge < -0.3 is 19.5 Å². The molecule has 0 fully saturated rings. The number of anilines is 1. The number of benzene rings is 2. The number of nitrogens with two attached hydrogens (primary N) is 1. The van der Waals surface area contributed by atoms with Gasteiger partial charge in [0.2, 0.25) is 0 Å². The van der Waals surface area contributed by atoms with Crippen LogP contribution in [0.15, 0.2) is 78.6 Å². The van der Waals surface area contributed by atoms with Crippen molar-refractivity contribution in [3.63, 3.8) is 0 Å². The maximum Gasteiger partial charge on any atom is 0.382 e. The topological polar surface area (TPSA) is 82.8 Å². The van der Waals surface area contributed by atoms with Crippen LogP contribution in [0.4, 0.5) is 5.69 Å². The van der Waals surface area contributed by atoms with Crippen LogP contribution >= 0.6 is 8.53 Å². The minimum atomic E-state index is -1.65. The Balaban J connectivity index is 2.02. The fourth-order valence-electron chi connectivity index (χ4n) is 2.20. The van der Waals surface area contributed by atoms with Gasteiger partial charge in [0.1, 0.15) is 24.2 Å². The van der Waals surface area contributed by atoms with Crippen molar-refractivity contribution in [1.29, 1.82) is 0 Å². The van der Waals surface area contributed by atoms with Crippen LogP contribution in [0.5, 0.6) is 5.75 Å². The van der Waals surface area contributed by atoms with E-state index in [1.807, 2.05) is 62.4 Å². The second-order valence-electron chi connectivity index (χ2n) is 6.14. The molecule has 3 N–H and O–H groups in total. The Labute approximate surface area is 173 Å². The van der Waals surface area contributed by atoms with Gasteiger partial charge >= 0.3 is 14.5 Å². The predicted molar refractivity (Wildman–Crippen MR) is 117 cm³/mol. The normalized spacial score (nSPS) is 13.7. The molecule has 2 aromatic carbocycles. The molecule has 0 saturated heterocycles. The fraction of sp³-hybridized carbons (Fsp3) is 0.227. The average Bonchev–Trinajstić information content (AvgIpc) is 2.73. The number of ether oxygens (including phenoxy) is 1. The first-order valence-corrected chi connectivity index (χ1v) is 10.5. The molecule has 0 heterocycles. The molecule has 0 saturated carbocycles. The maximum absolute atomic E-state index is 12.4. The number of rotatable bonds is 10. The summed E-state index contributed by atoms with van der Waals surface area (Å²) in [4.78, 5) is 12.4. The third kappa shape index (κ3) is 7.98. The van der Waals surface area contributed by atoms with Gasteiger partial charge in [-0.05, 0) is 62.8 Å². The van der Waals surface area contributed by atoms with E-state index in [0.717, 1.165) is 5.56 Å². The first kappa shape index (κ1) is 22.5. The van der Waals surface area contributed by atoms with Crippen molar-refractivity contribution >= 4 is 20.2 Å². The van der Waals surface area contributed by atoms with Crippen molar-refractivity contribution in [2.75, 3.05) is 5.73 Å². The molecule has 2 atom stereocenters. The third-order valence-corrected chi connectivity index (χ3v) is 5.10. The predicted octanol–water partition coefficient (Wildman–Crippen LogP) is 5.09. The summed E-state index contributed by atoms with van der Waals surface area (Å²) in [6.07, 6.45) is 5.51. The summed E-state index contributed by atoms with van der Waals surface area (Å²) in [5.74, 6) is 0.823. The molecule has 0 amide bonds. The summed E-state index contributed by atoms with van der Waals surface area (Å²) in [7, 11) is -1.65. The van der Waals surface area contributed by atoms with E-state index in [1.54, 1.807) is 31.2 Å². The largest absolute Gasteiger partial charge is 0.460 e. The number of hydrogen-bond donors (Lipinski definition) is 2. The zero-order valence-electron chi connectivity index (χ0n) is 16.9. The molecule has 0 aliphatic heterocycles. The maximum atomic E-state index is 12.4. The van der Waals surface area contributed by atoms with Crippen molar-refractivity contribution in [2.24, 2.45) is 0 Å². The van der Waals surface area contributed by atoms with E-state index in [2.05, 4.69) is 5.09 Å². The van der Waals surface area contributed by atoms with E-state index in [-0.39, 0.29) is 12.6 Å². The van der Waals surface area contributed by atoms with E-state index in [0.29, 0.717) is 17.2 Å². The lowest BCUT2D eigenvalue weighted by Crippen LogP contribution is -2.33. The van der Waals surface area contributed by atoms with Gasteiger partial charge in [0.15, 0.2) is 0 Å². The molecule has 0 aliphatic rings. The number of nitrogens with one attached hydrogen (secondary N) is 1. The first-order chi connectivity index (χ1) is 14.0. The van der Waals surface area contributed by atoms with Gasteiger partial charge in [-0.2, -0.15) is 0 Å². The lowest BCUT2D eigenvalue weighted by Gasteiger charge is -2.22. The molecule has 6 nitrogen and oxygen atoms in total. The Morgan fingerprint density at radius 3 is 2.45 bits per heavy atom. The van der Waals surface area contributed by atoms with Crippen molar-refractivity contribution in [1.82, 2.24) is 5.09 Å². The number of hydrogen-bond acceptors (Lipinski definition) is 6. The summed E-state index contributed by atoms with van der Waals surface area (Å²) in [5, 5.41) is 3.08. The first-order valence-electron chi connectivity index (χ1n) is 9.29. The molecule has 0 aliphatic carbocycles. The van der Waals surface area contributed by atoms with Gasteiger partial charge in [-0.3, -0.25) is 4.79 Å². The van der Waals surface area contributed by atoms with Gasteiger partial charge in [0, 0.05) is 5.69 Å². The number of nitrogen functional groups attached to an aromatic ring is 1. The number of carbonyl (C=O) groups excluding carboxylic acids is 1. The third-order valence-electron chi connectivity index (χ3n) is 3.75. The molecule has 1 unspecified atom stereocenters. The number of esters is 1. The fourth-order valence-corrected chi connectivity index (χ4v) is 3.43. The molecule has 0 radical (unpaired) electrons. The molecule has 29 heavy (non-hydrogen) atoms. The summed E-state index contributed by atoms with van der Waals surface area (Å²) < 4.78 is 17.2. The van der Waals surface area contributed by atoms with Crippen LogP contribution < -0.4 is 15.3 Å². The average molecular weight is 414 g/mol. The zero-order chi connectivity index (χ0) is 21.1. The molecule has 7 heteroatoms. The van der Waals surface area contributed by atoms with E-state index < -0.39 is 14.6 Å². The lowest BCUT2D eigenvalue weighted by atomic mass is 10.2. The molecule has 2 aromatic rings. The highest BCUT2D eigenvalue weighted by molar-refractivity contribution is 7.45. The van der Waals surface area contributed by atoms with E-state index in [4.69, 9.17) is 19.5 Å². The highest BCUT2D eigenvalue weighted by atomic mass is 31.2. The van der Waals surface area contributed by atoms with Gasteiger partial charge in [-0.15, -0.1) is 0 Å². The van der Waals surface area contributed by atoms with Crippen molar-refractivity contribution in [2.45, 2.75) is 33.4 Å². The molecular formula is C22H27N2O4P. The summed E-state index contributed by atoms with van der Waals surface area (Å²) >= 11 is 0. The summed E-state index contributed by atoms with van der Waals surface area (Å²) in [6, 6.07) is 15.9. The van der Waals surface area contributed by atoms with Crippen LogP contribution in [0.25, 0.3) is 0 Å². The van der Waals surface area contributed by atoms with Gasteiger partial charge in [-0.1, -0.05) is 36.4 Å². The van der Waals surface area contributed by atoms with E-state index >= 15 is 0 Å². The van der Waals surface area contributed by atoms with Crippen LogP contribution in [0, 0.1) is 0 Å². The minimum absolute atomic E-state index is 0.210. The van der Waals surface area contributed by atoms with Crippen molar-refractivity contribution in [3.05, 3.63) is 84.1 Å². The van der Waals surface area contributed by atoms with Crippen LogP contribution in [0.1, 0.15) is 26.3 Å². The Morgan fingerprint density at radius 2 is 1.83 bits per heavy atom. The number of carbonyl (C=O) groups is 1. The summed E-state index contributed by atoms with van der Waals surface area (Å²) in [6.45, 7) is 5.68. The van der Waals surface area contributed by atoms with Crippen LogP contribution in [-0.2, 0) is 20.7 Å². The van der Waals surface area contributed by atoms with Crippen LogP contribution in [-0.4, -0.2) is 12.0 Å². The highest BCUT2D eigenvalue weighted by Crippen LogP contribution is 2.39. The Bertz CT molecular complexity index is 822. The quantitative estimate of drug-likeness (QED) is 0.185. The van der Waals surface area contributed by atoms with Crippen LogP contribution in [0.2, 0.25) is 0 Å². The smallest absolute Gasteiger partial charge is 0.382 e. The van der Waals surface area contributed by atoms with Crippen molar-refractivity contribution < 1.29 is 18.6 Å². The van der Waals surface area contributed by atoms with Gasteiger partial charge in [0.05, 0.1) is 0 Å². The molecular weight excluding hydrogens is 387 g/mol. The lowest BCUT2D eigenvalue weighted by molar-refractivity contribution is -0.146. The van der Waals surface area contributed by atoms with Gasteiger partial charge in [0.25, 0.3) is 0 Å². The van der Waals surface area contributed by atoms with E-state index in [1.165, 1.54) is 0 Å². The standard InChI is InChI=1S/C22H27N2O4P/c1-4-9-20(5-2)27-29(28-21-14-12-19(23)13-15-21)24-17(3)22(25)26-16-18-10-7-6-8-11-18/h4-15,17,24H,16,23H2,1-3H3/b9-4-,20-5+/t17-,29?/m0/s1. The molecule has 154 valence electrons. The SMILES string of the molecule is C/C=C\C(=C/C)OP(N[C@@H](C)C(=O)OCc1ccccc1)Oc1ccc(N)cc1. The molecule has 0 spiro atoms. The zero-order valence-corrected chi connectivity index (χ0v) is 17.8.